The zero-order valence-electron chi connectivity index (χ0n) is 14.9. The molecule has 136 valence electrons. The van der Waals surface area contributed by atoms with Crippen molar-refractivity contribution in [3.05, 3.63) is 35.4 Å². The van der Waals surface area contributed by atoms with Crippen molar-refractivity contribution in [1.82, 2.24) is 4.90 Å². The van der Waals surface area contributed by atoms with Gasteiger partial charge < -0.3 is 14.7 Å². The maximum atomic E-state index is 12.5. The third kappa shape index (κ3) is 4.03. The van der Waals surface area contributed by atoms with Crippen LogP contribution in [0.4, 0.5) is 0 Å². The molecule has 3 rings (SSSR count). The summed E-state index contributed by atoms with van der Waals surface area (Å²) in [5, 5.41) is 10.5. The number of nitrogens with zero attached hydrogens (tertiary/aromatic N) is 1. The fourth-order valence-electron chi connectivity index (χ4n) is 4.04. The van der Waals surface area contributed by atoms with Crippen molar-refractivity contribution in [1.29, 1.82) is 0 Å². The van der Waals surface area contributed by atoms with E-state index in [1.54, 1.807) is 12.1 Å². The topological polar surface area (TPSA) is 66.8 Å². The lowest BCUT2D eigenvalue weighted by Gasteiger charge is -2.36. The number of carbonyl (C=O) groups excluding carboxylic acids is 2. The monoisotopic (exact) mass is 345 g/mol. The average molecular weight is 345 g/mol. The molecule has 1 aromatic rings. The number of esters is 1. The van der Waals surface area contributed by atoms with Crippen LogP contribution in [0.2, 0.25) is 0 Å². The highest BCUT2D eigenvalue weighted by molar-refractivity contribution is 5.89. The van der Waals surface area contributed by atoms with Crippen LogP contribution in [0.25, 0.3) is 0 Å². The van der Waals surface area contributed by atoms with Gasteiger partial charge in [-0.3, -0.25) is 4.79 Å². The van der Waals surface area contributed by atoms with Gasteiger partial charge in [0, 0.05) is 13.1 Å². The largest absolute Gasteiger partial charge is 0.465 e. The van der Waals surface area contributed by atoms with Crippen molar-refractivity contribution in [2.75, 3.05) is 20.2 Å². The first-order valence-electron chi connectivity index (χ1n) is 9.21. The first-order chi connectivity index (χ1) is 12.0. The van der Waals surface area contributed by atoms with Crippen molar-refractivity contribution in [3.63, 3.8) is 0 Å². The number of methoxy groups -OCH3 is 1. The summed E-state index contributed by atoms with van der Waals surface area (Å²) in [6.07, 6.45) is 5.98. The molecule has 1 aromatic carbocycles. The van der Waals surface area contributed by atoms with Gasteiger partial charge in [0.15, 0.2) is 0 Å². The van der Waals surface area contributed by atoms with E-state index in [2.05, 4.69) is 0 Å². The van der Waals surface area contributed by atoms with Crippen molar-refractivity contribution >= 4 is 11.9 Å². The molecule has 0 atom stereocenters. The predicted molar refractivity (Wildman–Crippen MR) is 94.2 cm³/mol. The predicted octanol–water partition coefficient (Wildman–Crippen LogP) is 2.56. The molecule has 1 aliphatic carbocycles. The van der Waals surface area contributed by atoms with Crippen LogP contribution in [0.15, 0.2) is 24.3 Å². The zero-order valence-corrected chi connectivity index (χ0v) is 14.9. The second-order valence-electron chi connectivity index (χ2n) is 7.37. The second-order valence-corrected chi connectivity index (χ2v) is 7.37. The number of ether oxygens (including phenoxy) is 1. The molecule has 1 N–H and O–H groups in total. The molecule has 1 saturated heterocycles. The highest BCUT2D eigenvalue weighted by Gasteiger charge is 2.42. The standard InChI is InChI=1S/C20H27NO4/c1-25-18(22)17-6-4-15(5-7-17)14-16-8-12-21(13-9-16)19(23)20(24)10-2-3-11-20/h4-7,16,24H,2-3,8-14H2,1H3. The van der Waals surface area contributed by atoms with E-state index >= 15 is 0 Å². The lowest BCUT2D eigenvalue weighted by Crippen LogP contribution is -2.50. The van der Waals surface area contributed by atoms with Crippen LogP contribution < -0.4 is 0 Å². The molecule has 2 aliphatic rings. The van der Waals surface area contributed by atoms with Crippen molar-refractivity contribution in [2.24, 2.45) is 5.92 Å². The molecule has 2 fully saturated rings. The Bertz CT molecular complexity index is 611. The first kappa shape index (κ1) is 17.9. The molecule has 0 unspecified atom stereocenters. The lowest BCUT2D eigenvalue weighted by molar-refractivity contribution is -0.152. The van der Waals surface area contributed by atoms with E-state index in [4.69, 9.17) is 4.74 Å². The van der Waals surface area contributed by atoms with Crippen LogP contribution in [0.1, 0.15) is 54.4 Å². The third-order valence-corrected chi connectivity index (χ3v) is 5.63. The van der Waals surface area contributed by atoms with Gasteiger partial charge in [-0.1, -0.05) is 12.1 Å². The van der Waals surface area contributed by atoms with Crippen molar-refractivity contribution < 1.29 is 19.4 Å². The molecule has 0 spiro atoms. The molecule has 0 aromatic heterocycles. The molecule has 1 saturated carbocycles. The molecular weight excluding hydrogens is 318 g/mol. The second kappa shape index (κ2) is 7.56. The van der Waals surface area contributed by atoms with E-state index in [9.17, 15) is 14.7 Å². The Morgan fingerprint density at radius 1 is 1.16 bits per heavy atom. The molecule has 1 heterocycles. The maximum Gasteiger partial charge on any atom is 0.337 e. The Balaban J connectivity index is 1.51. The fraction of sp³-hybridized carbons (Fsp3) is 0.600. The van der Waals surface area contributed by atoms with Gasteiger partial charge in [0.1, 0.15) is 5.60 Å². The maximum absolute atomic E-state index is 12.5. The summed E-state index contributed by atoms with van der Waals surface area (Å²) < 4.78 is 4.71. The molecule has 25 heavy (non-hydrogen) atoms. The minimum atomic E-state index is -1.10. The van der Waals surface area contributed by atoms with E-state index in [-0.39, 0.29) is 11.9 Å². The van der Waals surface area contributed by atoms with E-state index in [0.29, 0.717) is 24.3 Å². The van der Waals surface area contributed by atoms with Crippen LogP contribution in [0.5, 0.6) is 0 Å². The van der Waals surface area contributed by atoms with Crippen LogP contribution in [-0.2, 0) is 16.0 Å². The van der Waals surface area contributed by atoms with Gasteiger partial charge in [-0.25, -0.2) is 4.79 Å². The van der Waals surface area contributed by atoms with Gasteiger partial charge in [0.25, 0.3) is 5.91 Å². The van der Waals surface area contributed by atoms with Crippen LogP contribution >= 0.6 is 0 Å². The van der Waals surface area contributed by atoms with E-state index in [1.807, 2.05) is 17.0 Å². The lowest BCUT2D eigenvalue weighted by atomic mass is 9.89. The van der Waals surface area contributed by atoms with Crippen LogP contribution in [0.3, 0.4) is 0 Å². The minimum Gasteiger partial charge on any atom is -0.465 e. The Morgan fingerprint density at radius 3 is 2.32 bits per heavy atom. The number of aliphatic hydroxyl groups is 1. The van der Waals surface area contributed by atoms with E-state index in [1.165, 1.54) is 12.7 Å². The van der Waals surface area contributed by atoms with E-state index < -0.39 is 5.60 Å². The van der Waals surface area contributed by atoms with E-state index in [0.717, 1.165) is 45.2 Å². The molecule has 0 radical (unpaired) electrons. The smallest absolute Gasteiger partial charge is 0.337 e. The van der Waals surface area contributed by atoms with Gasteiger partial charge in [0.05, 0.1) is 12.7 Å². The number of piperidine rings is 1. The SMILES string of the molecule is COC(=O)c1ccc(CC2CCN(C(=O)C3(O)CCCC3)CC2)cc1. The number of likely N-dealkylation sites (tertiary alicyclic amines) is 1. The third-order valence-electron chi connectivity index (χ3n) is 5.63. The summed E-state index contributed by atoms with van der Waals surface area (Å²) in [6, 6.07) is 7.56. The molecule has 1 amide bonds. The Hall–Kier alpha value is -1.88. The van der Waals surface area contributed by atoms with Crippen molar-refractivity contribution in [2.45, 2.75) is 50.5 Å². The van der Waals surface area contributed by atoms with Gasteiger partial charge >= 0.3 is 5.97 Å². The normalized spacial score (nSPS) is 20.5. The Labute approximate surface area is 149 Å². The number of benzene rings is 1. The number of hydrogen-bond acceptors (Lipinski definition) is 4. The summed E-state index contributed by atoms with van der Waals surface area (Å²) in [5.74, 6) is 0.153. The van der Waals surface area contributed by atoms with Crippen LogP contribution in [-0.4, -0.2) is 47.7 Å². The van der Waals surface area contributed by atoms with Gasteiger partial charge in [-0.05, 0) is 68.6 Å². The zero-order chi connectivity index (χ0) is 17.9. The van der Waals surface area contributed by atoms with Crippen LogP contribution in [0, 0.1) is 5.92 Å². The highest BCUT2D eigenvalue weighted by Crippen LogP contribution is 2.33. The first-order valence-corrected chi connectivity index (χ1v) is 9.21. The Morgan fingerprint density at radius 2 is 1.76 bits per heavy atom. The highest BCUT2D eigenvalue weighted by atomic mass is 16.5. The molecule has 5 nitrogen and oxygen atoms in total. The van der Waals surface area contributed by atoms with Crippen molar-refractivity contribution in [3.8, 4) is 0 Å². The van der Waals surface area contributed by atoms with Gasteiger partial charge in [0.2, 0.25) is 0 Å². The summed E-state index contributed by atoms with van der Waals surface area (Å²) in [7, 11) is 1.38. The molecule has 5 heteroatoms. The summed E-state index contributed by atoms with van der Waals surface area (Å²) in [4.78, 5) is 25.9. The van der Waals surface area contributed by atoms with Gasteiger partial charge in [-0.15, -0.1) is 0 Å². The molecule has 1 aliphatic heterocycles. The summed E-state index contributed by atoms with van der Waals surface area (Å²) >= 11 is 0. The number of amides is 1. The Kier molecular flexibility index (Phi) is 5.42. The summed E-state index contributed by atoms with van der Waals surface area (Å²) in [6.45, 7) is 1.46. The number of rotatable bonds is 4. The van der Waals surface area contributed by atoms with Gasteiger partial charge in [-0.2, -0.15) is 0 Å². The quantitative estimate of drug-likeness (QED) is 0.852. The average Bonchev–Trinajstić information content (AvgIpc) is 3.09. The molecular formula is C20H27NO4. The summed E-state index contributed by atoms with van der Waals surface area (Å²) in [5.41, 5.74) is 0.666. The minimum absolute atomic E-state index is 0.0640. The fourth-order valence-corrected chi connectivity index (χ4v) is 4.04. The molecule has 0 bridgehead atoms. The number of carbonyl (C=O) groups is 2. The number of hydrogen-bond donors (Lipinski definition) is 1.